The topological polar surface area (TPSA) is 9.86 Å². The monoisotopic (exact) mass is 660 g/mol. The summed E-state index contributed by atoms with van der Waals surface area (Å²) in [4.78, 5) is 0. The molecule has 0 saturated heterocycles. The highest BCUT2D eigenvalue weighted by atomic mass is 15.0. The van der Waals surface area contributed by atoms with Crippen LogP contribution in [0.4, 0.5) is 0 Å². The number of nitrogens with zero attached hydrogens (tertiary/aromatic N) is 2. The van der Waals surface area contributed by atoms with Crippen molar-refractivity contribution >= 4 is 65.0 Å². The van der Waals surface area contributed by atoms with E-state index in [2.05, 4.69) is 203 Å². The van der Waals surface area contributed by atoms with E-state index in [1.807, 2.05) is 0 Å². The zero-order valence-corrected chi connectivity index (χ0v) is 28.4. The maximum atomic E-state index is 2.46. The van der Waals surface area contributed by atoms with E-state index < -0.39 is 0 Å². The summed E-state index contributed by atoms with van der Waals surface area (Å²) in [7, 11) is 0. The van der Waals surface area contributed by atoms with Gasteiger partial charge in [-0.3, -0.25) is 0 Å². The second kappa shape index (κ2) is 11.3. The fourth-order valence-corrected chi connectivity index (χ4v) is 8.59. The largest absolute Gasteiger partial charge is 0.316 e. The summed E-state index contributed by atoms with van der Waals surface area (Å²) >= 11 is 0. The second-order valence-corrected chi connectivity index (χ2v) is 13.7. The zero-order valence-electron chi connectivity index (χ0n) is 28.4. The van der Waals surface area contributed by atoms with Gasteiger partial charge in [0.25, 0.3) is 0 Å². The maximum Gasteiger partial charge on any atom is 0.0635 e. The molecule has 0 radical (unpaired) electrons. The molecule has 9 aromatic carbocycles. The van der Waals surface area contributed by atoms with Crippen molar-refractivity contribution in [2.24, 2.45) is 0 Å². The van der Waals surface area contributed by atoms with E-state index in [1.165, 1.54) is 87.3 Å². The van der Waals surface area contributed by atoms with Crippen molar-refractivity contribution in [2.45, 2.75) is 0 Å². The normalized spacial score (nSPS) is 11.8. The van der Waals surface area contributed by atoms with Crippen LogP contribution in [-0.2, 0) is 0 Å². The number of hydrogen-bond acceptors (Lipinski definition) is 0. The lowest BCUT2D eigenvalue weighted by molar-refractivity contribution is 1.13. The van der Waals surface area contributed by atoms with Crippen LogP contribution in [0, 0.1) is 0 Å². The Hall–Kier alpha value is -6.90. The number of rotatable bonds is 4. The zero-order chi connectivity index (χ0) is 34.2. The van der Waals surface area contributed by atoms with Crippen LogP contribution in [0.3, 0.4) is 0 Å². The summed E-state index contributed by atoms with van der Waals surface area (Å²) in [5, 5.41) is 11.5. The second-order valence-electron chi connectivity index (χ2n) is 13.7. The van der Waals surface area contributed by atoms with Gasteiger partial charge in [-0.05, 0) is 97.5 Å². The van der Waals surface area contributed by atoms with Crippen LogP contribution in [-0.4, -0.2) is 9.13 Å². The molecule has 0 saturated carbocycles. The van der Waals surface area contributed by atoms with E-state index in [0.29, 0.717) is 0 Å². The van der Waals surface area contributed by atoms with Gasteiger partial charge in [-0.25, -0.2) is 0 Å². The molecular weight excluding hydrogens is 629 g/mol. The first kappa shape index (κ1) is 28.9. The van der Waals surface area contributed by atoms with Crippen molar-refractivity contribution < 1.29 is 0 Å². The highest BCUT2D eigenvalue weighted by Crippen LogP contribution is 2.43. The Morgan fingerprint density at radius 2 is 0.846 bits per heavy atom. The molecule has 2 heterocycles. The quantitative estimate of drug-likeness (QED) is 0.166. The molecular formula is C50H32N2. The molecule has 0 spiro atoms. The summed E-state index contributed by atoms with van der Waals surface area (Å²) in [6.45, 7) is 0. The molecule has 52 heavy (non-hydrogen) atoms. The summed E-state index contributed by atoms with van der Waals surface area (Å²) in [6, 6.07) is 68.7. The summed E-state index contributed by atoms with van der Waals surface area (Å²) in [6.07, 6.45) is 2.23. The van der Waals surface area contributed by atoms with Gasteiger partial charge in [-0.15, -0.1) is 0 Å². The third-order valence-electron chi connectivity index (χ3n) is 10.9. The standard InChI is InChI=1S/C50H32N2/c1-3-13-34(14-4-1)45-32-47-43-21-11-12-22-48(43)52(50(47)44-29-30-51(49(44)45)36-15-5-2-6-16-36)37-26-23-33(24-27-37)35-25-28-42-40-19-8-7-17-38(40)39-18-9-10-20-41(39)46(42)31-35/h1-32H. The van der Waals surface area contributed by atoms with Crippen LogP contribution in [0.1, 0.15) is 0 Å². The number of hydrogen-bond donors (Lipinski definition) is 0. The van der Waals surface area contributed by atoms with Crippen LogP contribution in [0.5, 0.6) is 0 Å². The summed E-state index contributed by atoms with van der Waals surface area (Å²) in [5.74, 6) is 0. The lowest BCUT2D eigenvalue weighted by atomic mass is 9.92. The van der Waals surface area contributed by atoms with Crippen LogP contribution in [0.2, 0.25) is 0 Å². The van der Waals surface area contributed by atoms with Gasteiger partial charge in [0.15, 0.2) is 0 Å². The first-order valence-electron chi connectivity index (χ1n) is 17.9. The average molecular weight is 661 g/mol. The van der Waals surface area contributed by atoms with Gasteiger partial charge >= 0.3 is 0 Å². The van der Waals surface area contributed by atoms with Crippen molar-refractivity contribution in [1.29, 1.82) is 0 Å². The average Bonchev–Trinajstić information content (AvgIpc) is 3.81. The Labute approximate surface area is 301 Å². The molecule has 0 aliphatic carbocycles. The minimum Gasteiger partial charge on any atom is -0.316 e. The van der Waals surface area contributed by atoms with Gasteiger partial charge in [0, 0.05) is 39.3 Å². The molecule has 0 unspecified atom stereocenters. The smallest absolute Gasteiger partial charge is 0.0635 e. The first-order valence-corrected chi connectivity index (χ1v) is 17.9. The molecule has 242 valence electrons. The predicted octanol–water partition coefficient (Wildman–Crippen LogP) is 13.5. The Morgan fingerprint density at radius 3 is 1.54 bits per heavy atom. The van der Waals surface area contributed by atoms with Crippen LogP contribution in [0.25, 0.3) is 98.7 Å². The third kappa shape index (κ3) is 4.25. The molecule has 0 amide bonds. The Morgan fingerprint density at radius 1 is 0.288 bits per heavy atom. The van der Waals surface area contributed by atoms with Crippen LogP contribution < -0.4 is 0 Å². The summed E-state index contributed by atoms with van der Waals surface area (Å²) in [5.41, 5.74) is 10.8. The van der Waals surface area contributed by atoms with Crippen LogP contribution >= 0.6 is 0 Å². The van der Waals surface area contributed by atoms with Gasteiger partial charge in [0.05, 0.1) is 16.6 Å². The molecule has 2 aromatic heterocycles. The predicted molar refractivity (Wildman–Crippen MR) is 221 cm³/mol. The van der Waals surface area contributed by atoms with Gasteiger partial charge < -0.3 is 9.13 Å². The molecule has 0 atom stereocenters. The molecule has 0 aliphatic rings. The lowest BCUT2D eigenvalue weighted by Crippen LogP contribution is -1.97. The van der Waals surface area contributed by atoms with Crippen molar-refractivity contribution in [3.8, 4) is 33.6 Å². The Bertz CT molecular complexity index is 3110. The number of benzene rings is 9. The van der Waals surface area contributed by atoms with E-state index in [9.17, 15) is 0 Å². The van der Waals surface area contributed by atoms with Crippen molar-refractivity contribution in [3.05, 3.63) is 194 Å². The third-order valence-corrected chi connectivity index (χ3v) is 10.9. The molecule has 0 N–H and O–H groups in total. The first-order chi connectivity index (χ1) is 25.8. The molecule has 2 nitrogen and oxygen atoms in total. The molecule has 2 heteroatoms. The van der Waals surface area contributed by atoms with Gasteiger partial charge in [0.1, 0.15) is 0 Å². The SMILES string of the molecule is c1ccc(-c2cc3c4ccccc4n(-c4ccc(-c5ccc6c7ccccc7c7ccccc7c6c5)cc4)c3c3ccn(-c4ccccc4)c23)cc1. The maximum absolute atomic E-state index is 2.46. The van der Waals surface area contributed by atoms with Gasteiger partial charge in [-0.1, -0.05) is 140 Å². The number of para-hydroxylation sites is 2. The van der Waals surface area contributed by atoms with Crippen molar-refractivity contribution in [1.82, 2.24) is 9.13 Å². The van der Waals surface area contributed by atoms with Crippen molar-refractivity contribution in [3.63, 3.8) is 0 Å². The van der Waals surface area contributed by atoms with E-state index in [1.54, 1.807) is 0 Å². The Balaban J connectivity index is 1.13. The highest BCUT2D eigenvalue weighted by Gasteiger charge is 2.21. The fraction of sp³-hybridized carbons (Fsp3) is 0. The molecule has 11 rings (SSSR count). The van der Waals surface area contributed by atoms with E-state index in [-0.39, 0.29) is 0 Å². The number of fused-ring (bicyclic) bond motifs is 11. The molecule has 11 aromatic rings. The van der Waals surface area contributed by atoms with E-state index in [0.717, 1.165) is 11.4 Å². The molecule has 0 bridgehead atoms. The van der Waals surface area contributed by atoms with Crippen molar-refractivity contribution in [2.75, 3.05) is 0 Å². The molecule has 0 aliphatic heterocycles. The summed E-state index contributed by atoms with van der Waals surface area (Å²) < 4.78 is 4.80. The fourth-order valence-electron chi connectivity index (χ4n) is 8.59. The highest BCUT2D eigenvalue weighted by molar-refractivity contribution is 6.26. The van der Waals surface area contributed by atoms with E-state index >= 15 is 0 Å². The van der Waals surface area contributed by atoms with Gasteiger partial charge in [0.2, 0.25) is 0 Å². The lowest BCUT2D eigenvalue weighted by Gasteiger charge is -2.14. The van der Waals surface area contributed by atoms with Crippen LogP contribution in [0.15, 0.2) is 194 Å². The number of aromatic nitrogens is 2. The Kier molecular flexibility index (Phi) is 6.28. The van der Waals surface area contributed by atoms with E-state index in [4.69, 9.17) is 0 Å². The van der Waals surface area contributed by atoms with Gasteiger partial charge in [-0.2, -0.15) is 0 Å². The minimum absolute atomic E-state index is 1.15. The minimum atomic E-state index is 1.15. The molecule has 0 fully saturated rings.